The van der Waals surface area contributed by atoms with Crippen LogP contribution in [0, 0.1) is 11.3 Å². The number of alkyl carbamates (subject to hydrolysis) is 1. The van der Waals surface area contributed by atoms with Crippen molar-refractivity contribution in [1.29, 1.82) is 5.26 Å². The van der Waals surface area contributed by atoms with E-state index in [1.807, 2.05) is 6.07 Å². The lowest BCUT2D eigenvalue weighted by Crippen LogP contribution is -2.32. The van der Waals surface area contributed by atoms with E-state index in [9.17, 15) is 18.0 Å². The van der Waals surface area contributed by atoms with E-state index in [-0.39, 0.29) is 17.7 Å². The highest BCUT2D eigenvalue weighted by molar-refractivity contribution is 5.67. The van der Waals surface area contributed by atoms with E-state index in [2.05, 4.69) is 5.32 Å². The van der Waals surface area contributed by atoms with E-state index in [0.29, 0.717) is 6.42 Å². The molecule has 0 saturated carbocycles. The fourth-order valence-corrected chi connectivity index (χ4v) is 1.76. The summed E-state index contributed by atoms with van der Waals surface area (Å²) < 4.78 is 43.2. The lowest BCUT2D eigenvalue weighted by Gasteiger charge is -2.19. The first-order valence-corrected chi connectivity index (χ1v) is 7.27. The van der Waals surface area contributed by atoms with E-state index in [4.69, 9.17) is 10.00 Å². The third-order valence-corrected chi connectivity index (χ3v) is 2.78. The number of nitriles is 1. The Hall–Kier alpha value is -2.49. The smallest absolute Gasteiger partial charge is 0.416 e. The van der Waals surface area contributed by atoms with Gasteiger partial charge in [0.05, 0.1) is 17.2 Å². The van der Waals surface area contributed by atoms with Gasteiger partial charge in [0.1, 0.15) is 5.60 Å². The lowest BCUT2D eigenvalue weighted by atomic mass is 10.0. The van der Waals surface area contributed by atoms with E-state index in [1.165, 1.54) is 6.08 Å². The molecule has 1 aromatic carbocycles. The molecule has 1 rings (SSSR count). The minimum absolute atomic E-state index is 0.152. The zero-order chi connectivity index (χ0) is 18.4. The van der Waals surface area contributed by atoms with Crippen LogP contribution in [0.25, 0.3) is 6.08 Å². The Kier molecular flexibility index (Phi) is 6.41. The number of benzene rings is 1. The van der Waals surface area contributed by atoms with Gasteiger partial charge in [0.25, 0.3) is 0 Å². The topological polar surface area (TPSA) is 62.1 Å². The van der Waals surface area contributed by atoms with Crippen LogP contribution in [0.4, 0.5) is 18.0 Å². The molecule has 0 atom stereocenters. The van der Waals surface area contributed by atoms with Crippen LogP contribution >= 0.6 is 0 Å². The average molecular weight is 340 g/mol. The Morgan fingerprint density at radius 3 is 2.54 bits per heavy atom. The van der Waals surface area contributed by atoms with Crippen molar-refractivity contribution in [3.8, 4) is 6.07 Å². The maximum absolute atomic E-state index is 12.7. The monoisotopic (exact) mass is 340 g/mol. The molecule has 1 amide bonds. The Morgan fingerprint density at radius 2 is 2.00 bits per heavy atom. The summed E-state index contributed by atoms with van der Waals surface area (Å²) in [5.74, 6) is 0. The maximum Gasteiger partial charge on any atom is 0.416 e. The zero-order valence-corrected chi connectivity index (χ0v) is 13.7. The summed E-state index contributed by atoms with van der Waals surface area (Å²) in [5.41, 5.74) is -1.07. The standard InChI is InChI=1S/C17H19F3N2O2/c1-16(2,3)24-15(23)22-9-5-4-6-12-10-14(17(18,19)20)8-7-13(12)11-21/h4,6-8,10H,5,9H2,1-3H3,(H,22,23). The van der Waals surface area contributed by atoms with Crippen LogP contribution in [0.2, 0.25) is 0 Å². The second-order valence-electron chi connectivity index (χ2n) is 6.03. The van der Waals surface area contributed by atoms with Crippen molar-refractivity contribution in [2.45, 2.75) is 39.0 Å². The molecular formula is C17H19F3N2O2. The number of alkyl halides is 3. The molecule has 0 aliphatic rings. The highest BCUT2D eigenvalue weighted by Gasteiger charge is 2.30. The molecule has 0 heterocycles. The van der Waals surface area contributed by atoms with E-state index in [1.54, 1.807) is 26.8 Å². The number of hydrogen-bond donors (Lipinski definition) is 1. The van der Waals surface area contributed by atoms with Gasteiger partial charge in [-0.1, -0.05) is 12.2 Å². The summed E-state index contributed by atoms with van der Waals surface area (Å²) in [6, 6.07) is 4.79. The highest BCUT2D eigenvalue weighted by atomic mass is 19.4. The van der Waals surface area contributed by atoms with Gasteiger partial charge in [-0.2, -0.15) is 18.4 Å². The summed E-state index contributed by atoms with van der Waals surface area (Å²) in [4.78, 5) is 11.4. The Morgan fingerprint density at radius 1 is 1.33 bits per heavy atom. The first kappa shape index (κ1) is 19.6. The second kappa shape index (κ2) is 7.86. The van der Waals surface area contributed by atoms with Gasteiger partial charge in [-0.3, -0.25) is 0 Å². The predicted octanol–water partition coefficient (Wildman–Crippen LogP) is 4.51. The molecule has 0 unspecified atom stereocenters. The Labute approximate surface area is 138 Å². The summed E-state index contributed by atoms with van der Waals surface area (Å²) in [5, 5.41) is 11.5. The van der Waals surface area contributed by atoms with Crippen LogP contribution in [0.1, 0.15) is 43.9 Å². The van der Waals surface area contributed by atoms with E-state index < -0.39 is 23.4 Å². The Balaban J connectivity index is 2.64. The first-order chi connectivity index (χ1) is 11.0. The van der Waals surface area contributed by atoms with Crippen LogP contribution in [0.3, 0.4) is 0 Å². The molecule has 1 aromatic rings. The fourth-order valence-electron chi connectivity index (χ4n) is 1.76. The molecule has 1 N–H and O–H groups in total. The molecule has 0 bridgehead atoms. The number of carbonyl (C=O) groups is 1. The van der Waals surface area contributed by atoms with Crippen molar-refractivity contribution in [3.63, 3.8) is 0 Å². The summed E-state index contributed by atoms with van der Waals surface area (Å²) in [7, 11) is 0. The molecule has 0 aromatic heterocycles. The summed E-state index contributed by atoms with van der Waals surface area (Å²) >= 11 is 0. The first-order valence-electron chi connectivity index (χ1n) is 7.27. The van der Waals surface area contributed by atoms with Gasteiger partial charge in [-0.15, -0.1) is 0 Å². The molecule has 0 aliphatic heterocycles. The third kappa shape index (κ3) is 6.73. The minimum Gasteiger partial charge on any atom is -0.444 e. The number of ether oxygens (including phenoxy) is 1. The molecule has 130 valence electrons. The molecule has 0 spiro atoms. The number of hydrogen-bond acceptors (Lipinski definition) is 3. The largest absolute Gasteiger partial charge is 0.444 e. The lowest BCUT2D eigenvalue weighted by molar-refractivity contribution is -0.137. The van der Waals surface area contributed by atoms with E-state index in [0.717, 1.165) is 18.2 Å². The molecule has 7 heteroatoms. The number of nitrogens with zero attached hydrogens (tertiary/aromatic N) is 1. The van der Waals surface area contributed by atoms with Crippen molar-refractivity contribution in [2.24, 2.45) is 0 Å². The molecule has 4 nitrogen and oxygen atoms in total. The zero-order valence-electron chi connectivity index (χ0n) is 13.7. The molecule has 0 aliphatic carbocycles. The minimum atomic E-state index is -4.46. The average Bonchev–Trinajstić information content (AvgIpc) is 2.43. The van der Waals surface area contributed by atoms with Crippen LogP contribution in [0.15, 0.2) is 24.3 Å². The molecule has 0 saturated heterocycles. The molecule has 0 fully saturated rings. The van der Waals surface area contributed by atoms with Crippen molar-refractivity contribution < 1.29 is 22.7 Å². The van der Waals surface area contributed by atoms with Crippen LogP contribution < -0.4 is 5.32 Å². The normalized spacial score (nSPS) is 12.0. The number of halogens is 3. The maximum atomic E-state index is 12.7. The predicted molar refractivity (Wildman–Crippen MR) is 84.0 cm³/mol. The molecule has 0 radical (unpaired) electrons. The fraction of sp³-hybridized carbons (Fsp3) is 0.412. The van der Waals surface area contributed by atoms with Crippen molar-refractivity contribution in [2.75, 3.05) is 6.54 Å². The number of nitrogens with one attached hydrogen (secondary N) is 1. The highest BCUT2D eigenvalue weighted by Crippen LogP contribution is 2.30. The van der Waals surface area contributed by atoms with Gasteiger partial charge >= 0.3 is 12.3 Å². The van der Waals surface area contributed by atoms with Crippen molar-refractivity contribution in [1.82, 2.24) is 5.32 Å². The molecular weight excluding hydrogens is 321 g/mol. The van der Waals surface area contributed by atoms with Crippen molar-refractivity contribution in [3.05, 3.63) is 41.0 Å². The van der Waals surface area contributed by atoms with Crippen molar-refractivity contribution >= 4 is 12.2 Å². The van der Waals surface area contributed by atoms with Gasteiger partial charge in [0, 0.05) is 6.54 Å². The van der Waals surface area contributed by atoms with Gasteiger partial charge in [0.2, 0.25) is 0 Å². The number of carbonyl (C=O) groups excluding carboxylic acids is 1. The van der Waals surface area contributed by atoms with Crippen LogP contribution in [-0.4, -0.2) is 18.2 Å². The second-order valence-corrected chi connectivity index (χ2v) is 6.03. The quantitative estimate of drug-likeness (QED) is 0.821. The number of amides is 1. The summed E-state index contributed by atoms with van der Waals surface area (Å²) in [6.07, 6.45) is -1.61. The summed E-state index contributed by atoms with van der Waals surface area (Å²) in [6.45, 7) is 5.49. The van der Waals surface area contributed by atoms with Crippen LogP contribution in [0.5, 0.6) is 0 Å². The van der Waals surface area contributed by atoms with Gasteiger partial charge in [-0.25, -0.2) is 4.79 Å². The molecule has 24 heavy (non-hydrogen) atoms. The Bertz CT molecular complexity index is 653. The SMILES string of the molecule is CC(C)(C)OC(=O)NCCC=Cc1cc(C(F)(F)F)ccc1C#N. The van der Waals surface area contributed by atoms with Gasteiger partial charge in [0.15, 0.2) is 0 Å². The van der Waals surface area contributed by atoms with Crippen LogP contribution in [-0.2, 0) is 10.9 Å². The third-order valence-electron chi connectivity index (χ3n) is 2.78. The van der Waals surface area contributed by atoms with Gasteiger partial charge in [-0.05, 0) is 51.0 Å². The van der Waals surface area contributed by atoms with Gasteiger partial charge < -0.3 is 10.1 Å². The number of rotatable bonds is 4. The van der Waals surface area contributed by atoms with E-state index >= 15 is 0 Å².